The van der Waals surface area contributed by atoms with Gasteiger partial charge in [-0.25, -0.2) is 4.72 Å². The van der Waals surface area contributed by atoms with E-state index in [-0.39, 0.29) is 5.91 Å². The van der Waals surface area contributed by atoms with Crippen molar-refractivity contribution < 1.29 is 13.2 Å². The SMILES string of the molecule is CCCNS(=O)(=O)N1CCCN(C(=O)CC2CCCC2)CC1. The van der Waals surface area contributed by atoms with Gasteiger partial charge in [0.2, 0.25) is 5.91 Å². The topological polar surface area (TPSA) is 69.7 Å². The molecule has 1 aliphatic carbocycles. The summed E-state index contributed by atoms with van der Waals surface area (Å²) in [6.45, 7) is 4.48. The third-order valence-electron chi connectivity index (χ3n) is 4.62. The zero-order chi connectivity index (χ0) is 16.0. The van der Waals surface area contributed by atoms with E-state index >= 15 is 0 Å². The smallest absolute Gasteiger partial charge is 0.279 e. The molecule has 2 fully saturated rings. The zero-order valence-corrected chi connectivity index (χ0v) is 14.4. The van der Waals surface area contributed by atoms with Gasteiger partial charge in [-0.05, 0) is 31.6 Å². The maximum Gasteiger partial charge on any atom is 0.279 e. The van der Waals surface area contributed by atoms with E-state index in [1.807, 2.05) is 11.8 Å². The summed E-state index contributed by atoms with van der Waals surface area (Å²) in [6.07, 6.45) is 6.95. The van der Waals surface area contributed by atoms with Crippen molar-refractivity contribution in [3.63, 3.8) is 0 Å². The van der Waals surface area contributed by atoms with Crippen LogP contribution in [0.25, 0.3) is 0 Å². The van der Waals surface area contributed by atoms with Crippen molar-refractivity contribution in [2.75, 3.05) is 32.7 Å². The van der Waals surface area contributed by atoms with Crippen LogP contribution in [0.15, 0.2) is 0 Å². The Kier molecular flexibility index (Phi) is 6.65. The molecule has 2 aliphatic rings. The Bertz CT molecular complexity index is 461. The molecule has 6 nitrogen and oxygen atoms in total. The maximum atomic E-state index is 12.4. The van der Waals surface area contributed by atoms with Crippen LogP contribution in [0, 0.1) is 5.92 Å². The van der Waals surface area contributed by atoms with Gasteiger partial charge in [0, 0.05) is 39.1 Å². The van der Waals surface area contributed by atoms with Crippen LogP contribution in [-0.4, -0.2) is 56.3 Å². The van der Waals surface area contributed by atoms with Gasteiger partial charge in [0.05, 0.1) is 0 Å². The van der Waals surface area contributed by atoms with E-state index < -0.39 is 10.2 Å². The highest BCUT2D eigenvalue weighted by Gasteiger charge is 2.27. The molecule has 1 saturated carbocycles. The first-order chi connectivity index (χ1) is 10.5. The van der Waals surface area contributed by atoms with Gasteiger partial charge in [0.15, 0.2) is 0 Å². The molecule has 0 aromatic carbocycles. The Morgan fingerprint density at radius 2 is 1.82 bits per heavy atom. The second kappa shape index (κ2) is 8.26. The molecule has 0 aromatic rings. The third-order valence-corrected chi connectivity index (χ3v) is 6.23. The average Bonchev–Trinajstić information content (AvgIpc) is 2.85. The molecular formula is C15H29N3O3S. The van der Waals surface area contributed by atoms with Gasteiger partial charge >= 0.3 is 0 Å². The number of nitrogens with one attached hydrogen (secondary N) is 1. The van der Waals surface area contributed by atoms with Gasteiger partial charge in [-0.3, -0.25) is 4.79 Å². The Morgan fingerprint density at radius 3 is 2.50 bits per heavy atom. The maximum absolute atomic E-state index is 12.4. The lowest BCUT2D eigenvalue weighted by Gasteiger charge is -2.23. The lowest BCUT2D eigenvalue weighted by Crippen LogP contribution is -2.43. The van der Waals surface area contributed by atoms with Crippen molar-refractivity contribution in [1.82, 2.24) is 13.9 Å². The number of hydrogen-bond donors (Lipinski definition) is 1. The summed E-state index contributed by atoms with van der Waals surface area (Å²) < 4.78 is 28.4. The Morgan fingerprint density at radius 1 is 1.09 bits per heavy atom. The van der Waals surface area contributed by atoms with Crippen LogP contribution in [0.3, 0.4) is 0 Å². The third kappa shape index (κ3) is 4.93. The molecule has 2 rings (SSSR count). The zero-order valence-electron chi connectivity index (χ0n) is 13.6. The van der Waals surface area contributed by atoms with E-state index in [1.54, 1.807) is 0 Å². The molecule has 1 aliphatic heterocycles. The minimum Gasteiger partial charge on any atom is -0.341 e. The molecule has 1 N–H and O–H groups in total. The molecule has 1 saturated heterocycles. The number of carbonyl (C=O) groups excluding carboxylic acids is 1. The molecule has 0 bridgehead atoms. The van der Waals surface area contributed by atoms with E-state index in [0.717, 1.165) is 6.42 Å². The van der Waals surface area contributed by atoms with Crippen molar-refractivity contribution in [2.24, 2.45) is 5.92 Å². The molecule has 0 radical (unpaired) electrons. The van der Waals surface area contributed by atoms with E-state index in [2.05, 4.69) is 4.72 Å². The summed E-state index contributed by atoms with van der Waals surface area (Å²) in [6, 6.07) is 0. The van der Waals surface area contributed by atoms with Gasteiger partial charge in [0.1, 0.15) is 0 Å². The van der Waals surface area contributed by atoms with Crippen LogP contribution < -0.4 is 4.72 Å². The molecule has 0 atom stereocenters. The number of amides is 1. The Hall–Kier alpha value is -0.660. The van der Waals surface area contributed by atoms with Gasteiger partial charge in [0.25, 0.3) is 10.2 Å². The number of carbonyl (C=O) groups is 1. The van der Waals surface area contributed by atoms with E-state index in [4.69, 9.17) is 0 Å². The highest BCUT2D eigenvalue weighted by molar-refractivity contribution is 7.87. The summed E-state index contributed by atoms with van der Waals surface area (Å²) in [7, 11) is -3.39. The second-order valence-corrected chi connectivity index (χ2v) is 8.14. The molecule has 22 heavy (non-hydrogen) atoms. The lowest BCUT2D eigenvalue weighted by molar-refractivity contribution is -0.132. The van der Waals surface area contributed by atoms with Crippen molar-refractivity contribution in [3.8, 4) is 0 Å². The number of rotatable bonds is 6. The van der Waals surface area contributed by atoms with E-state index in [1.165, 1.54) is 30.0 Å². The van der Waals surface area contributed by atoms with E-state index in [0.29, 0.717) is 51.5 Å². The molecule has 1 heterocycles. The summed E-state index contributed by atoms with van der Waals surface area (Å²) in [5.41, 5.74) is 0. The molecule has 128 valence electrons. The molecule has 0 unspecified atom stereocenters. The normalized spacial score (nSPS) is 22.0. The van der Waals surface area contributed by atoms with Crippen LogP contribution in [-0.2, 0) is 15.0 Å². The first kappa shape index (κ1) is 17.7. The lowest BCUT2D eigenvalue weighted by atomic mass is 10.0. The summed E-state index contributed by atoms with van der Waals surface area (Å²) >= 11 is 0. The number of nitrogens with zero attached hydrogens (tertiary/aromatic N) is 2. The van der Waals surface area contributed by atoms with Crippen molar-refractivity contribution in [3.05, 3.63) is 0 Å². The summed E-state index contributed by atoms with van der Waals surface area (Å²) in [5, 5.41) is 0. The quantitative estimate of drug-likeness (QED) is 0.798. The van der Waals surface area contributed by atoms with Crippen LogP contribution in [0.1, 0.15) is 51.9 Å². The predicted molar refractivity (Wildman–Crippen MR) is 86.6 cm³/mol. The fraction of sp³-hybridized carbons (Fsp3) is 0.933. The first-order valence-corrected chi connectivity index (χ1v) is 9.99. The summed E-state index contributed by atoms with van der Waals surface area (Å²) in [5.74, 6) is 0.745. The van der Waals surface area contributed by atoms with Crippen molar-refractivity contribution in [2.45, 2.75) is 51.9 Å². The van der Waals surface area contributed by atoms with Gasteiger partial charge < -0.3 is 4.90 Å². The summed E-state index contributed by atoms with van der Waals surface area (Å²) in [4.78, 5) is 14.2. The van der Waals surface area contributed by atoms with Crippen LogP contribution in [0.2, 0.25) is 0 Å². The van der Waals surface area contributed by atoms with Gasteiger partial charge in [-0.1, -0.05) is 19.8 Å². The van der Waals surface area contributed by atoms with Crippen molar-refractivity contribution in [1.29, 1.82) is 0 Å². The highest BCUT2D eigenvalue weighted by Crippen LogP contribution is 2.28. The molecule has 7 heteroatoms. The highest BCUT2D eigenvalue weighted by atomic mass is 32.2. The second-order valence-electron chi connectivity index (χ2n) is 6.39. The molecule has 1 amide bonds. The molecule has 0 spiro atoms. The van der Waals surface area contributed by atoms with Crippen LogP contribution >= 0.6 is 0 Å². The monoisotopic (exact) mass is 331 g/mol. The van der Waals surface area contributed by atoms with E-state index in [9.17, 15) is 13.2 Å². The number of hydrogen-bond acceptors (Lipinski definition) is 3. The first-order valence-electron chi connectivity index (χ1n) is 8.55. The van der Waals surface area contributed by atoms with Gasteiger partial charge in [-0.2, -0.15) is 12.7 Å². The predicted octanol–water partition coefficient (Wildman–Crippen LogP) is 1.35. The van der Waals surface area contributed by atoms with Crippen LogP contribution in [0.4, 0.5) is 0 Å². The minimum atomic E-state index is -3.39. The Balaban J connectivity index is 1.84. The average molecular weight is 331 g/mol. The van der Waals surface area contributed by atoms with Crippen molar-refractivity contribution >= 4 is 16.1 Å². The molecule has 0 aromatic heterocycles. The van der Waals surface area contributed by atoms with Crippen LogP contribution in [0.5, 0.6) is 0 Å². The fourth-order valence-electron chi connectivity index (χ4n) is 3.30. The minimum absolute atomic E-state index is 0.202. The fourth-order valence-corrected chi connectivity index (χ4v) is 4.63. The van der Waals surface area contributed by atoms with Gasteiger partial charge in [-0.15, -0.1) is 0 Å². The Labute approximate surface area is 134 Å². The molecular weight excluding hydrogens is 302 g/mol. The largest absolute Gasteiger partial charge is 0.341 e. The standard InChI is InChI=1S/C15H29N3O3S/c1-2-8-16-22(20,21)18-10-5-9-17(11-12-18)15(19)13-14-6-3-4-7-14/h14,16H,2-13H2,1H3.